The Hall–Kier alpha value is 0.668. The third kappa shape index (κ3) is 6.20. The largest absolute Gasteiger partial charge is 0.420 e. The Morgan fingerprint density at radius 2 is 1.55 bits per heavy atom. The summed E-state index contributed by atoms with van der Waals surface area (Å²) < 4.78 is 25.1. The maximum atomic E-state index is 6.54. The van der Waals surface area contributed by atoms with Gasteiger partial charge >= 0.3 is 26.6 Å². The molecule has 0 aromatic heterocycles. The minimum absolute atomic E-state index is 0.333. The average Bonchev–Trinajstić information content (AvgIpc) is 2.08. The molecule has 20 heavy (non-hydrogen) atoms. The van der Waals surface area contributed by atoms with Crippen LogP contribution in [0.3, 0.4) is 0 Å². The first-order valence-corrected chi connectivity index (χ1v) is 16.6. The summed E-state index contributed by atoms with van der Waals surface area (Å²) in [6, 6.07) is 1.31. The lowest BCUT2D eigenvalue weighted by Gasteiger charge is -2.43. The van der Waals surface area contributed by atoms with Crippen LogP contribution in [0.5, 0.6) is 0 Å². The van der Waals surface area contributed by atoms with Crippen molar-refractivity contribution in [3.05, 3.63) is 0 Å². The molecule has 0 radical (unpaired) electrons. The van der Waals surface area contributed by atoms with Crippen molar-refractivity contribution in [2.45, 2.75) is 66.0 Å². The molecular formula is C11H31NO4Si4. The summed E-state index contributed by atoms with van der Waals surface area (Å²) in [7, 11) is -7.98. The lowest BCUT2D eigenvalue weighted by molar-refractivity contribution is 0.241. The molecule has 4 unspecified atom stereocenters. The second-order valence-corrected chi connectivity index (χ2v) is 17.5. The third-order valence-electron chi connectivity index (χ3n) is 2.93. The van der Waals surface area contributed by atoms with Gasteiger partial charge in [-0.3, -0.25) is 4.98 Å². The van der Waals surface area contributed by atoms with E-state index in [9.17, 15) is 0 Å². The average molecular weight is 354 g/mol. The van der Waals surface area contributed by atoms with Crippen LogP contribution >= 0.6 is 0 Å². The topological polar surface area (TPSA) is 49.0 Å². The van der Waals surface area contributed by atoms with Crippen molar-refractivity contribution in [1.29, 1.82) is 0 Å². The summed E-state index contributed by atoms with van der Waals surface area (Å²) in [5.41, 5.74) is 0. The predicted octanol–water partition coefficient (Wildman–Crippen LogP) is 2.06. The summed E-state index contributed by atoms with van der Waals surface area (Å²) in [5.74, 6) is 0.555. The van der Waals surface area contributed by atoms with Crippen molar-refractivity contribution in [3.8, 4) is 0 Å². The van der Waals surface area contributed by atoms with Crippen LogP contribution in [0.1, 0.15) is 27.7 Å². The van der Waals surface area contributed by atoms with E-state index < -0.39 is 35.9 Å². The molecule has 1 aliphatic rings. The number of hydrogen-bond donors (Lipinski definition) is 1. The molecule has 0 amide bonds. The molecule has 5 nitrogen and oxygen atoms in total. The van der Waals surface area contributed by atoms with Crippen LogP contribution in [0.2, 0.25) is 32.2 Å². The van der Waals surface area contributed by atoms with Crippen LogP contribution in [0.4, 0.5) is 0 Å². The fourth-order valence-corrected chi connectivity index (χ4v) is 20.1. The van der Waals surface area contributed by atoms with Crippen LogP contribution < -0.4 is 4.98 Å². The molecule has 0 bridgehead atoms. The van der Waals surface area contributed by atoms with E-state index in [-0.39, 0.29) is 0 Å². The van der Waals surface area contributed by atoms with Gasteiger partial charge in [0, 0.05) is 0 Å². The van der Waals surface area contributed by atoms with E-state index in [0.29, 0.717) is 12.0 Å². The van der Waals surface area contributed by atoms with Crippen LogP contribution in [0.15, 0.2) is 0 Å². The standard InChI is InChI=1S/C11H31NO4Si4/c1-10(2)9-19(7)14-17(5)13-18(6)15-20(8,16-19)12-11(3)4/h10-12,17-18H,9H2,1-8H3. The molecule has 0 aromatic rings. The first-order valence-electron chi connectivity index (χ1n) is 7.52. The van der Waals surface area contributed by atoms with Crippen molar-refractivity contribution in [2.75, 3.05) is 0 Å². The molecule has 1 saturated heterocycles. The van der Waals surface area contributed by atoms with Crippen molar-refractivity contribution < 1.29 is 16.5 Å². The van der Waals surface area contributed by atoms with E-state index in [0.717, 1.165) is 6.04 Å². The Morgan fingerprint density at radius 1 is 1.00 bits per heavy atom. The van der Waals surface area contributed by atoms with Gasteiger partial charge in [0.25, 0.3) is 9.28 Å². The van der Waals surface area contributed by atoms with Gasteiger partial charge in [-0.15, -0.1) is 0 Å². The highest BCUT2D eigenvalue weighted by Gasteiger charge is 2.48. The molecular weight excluding hydrogens is 322 g/mol. The van der Waals surface area contributed by atoms with Crippen molar-refractivity contribution in [3.63, 3.8) is 0 Å². The van der Waals surface area contributed by atoms with Gasteiger partial charge in [-0.1, -0.05) is 27.7 Å². The molecule has 0 saturated carbocycles. The minimum Gasteiger partial charge on any atom is -0.420 e. The maximum Gasteiger partial charge on any atom is 0.404 e. The maximum absolute atomic E-state index is 6.54. The van der Waals surface area contributed by atoms with E-state index in [2.05, 4.69) is 58.9 Å². The normalized spacial score (nSPS) is 39.9. The van der Waals surface area contributed by atoms with E-state index >= 15 is 0 Å². The summed E-state index contributed by atoms with van der Waals surface area (Å²) in [4.78, 5) is 3.52. The molecule has 1 rings (SSSR count). The Morgan fingerprint density at radius 3 is 2.05 bits per heavy atom. The smallest absolute Gasteiger partial charge is 0.404 e. The van der Waals surface area contributed by atoms with Crippen molar-refractivity contribution in [2.24, 2.45) is 5.92 Å². The van der Waals surface area contributed by atoms with Gasteiger partial charge in [-0.05, 0) is 44.2 Å². The monoisotopic (exact) mass is 353 g/mol. The first-order chi connectivity index (χ1) is 9.03. The van der Waals surface area contributed by atoms with Gasteiger partial charge in [-0.25, -0.2) is 0 Å². The molecule has 0 aromatic carbocycles. The van der Waals surface area contributed by atoms with E-state index in [1.165, 1.54) is 0 Å². The fourth-order valence-electron chi connectivity index (χ4n) is 2.87. The highest BCUT2D eigenvalue weighted by Crippen LogP contribution is 2.27. The highest BCUT2D eigenvalue weighted by atomic mass is 28.5. The number of hydrogen-bond acceptors (Lipinski definition) is 5. The van der Waals surface area contributed by atoms with Crippen LogP contribution in [0, 0.1) is 5.92 Å². The second-order valence-electron chi connectivity index (χ2n) is 6.59. The number of nitrogens with one attached hydrogen (secondary N) is 1. The quantitative estimate of drug-likeness (QED) is 0.784. The zero-order valence-corrected chi connectivity index (χ0v) is 18.5. The zero-order valence-electron chi connectivity index (χ0n) is 14.1. The molecule has 4 atom stereocenters. The Balaban J connectivity index is 2.94. The lowest BCUT2D eigenvalue weighted by Crippen LogP contribution is -2.67. The summed E-state index contributed by atoms with van der Waals surface area (Å²) in [6.07, 6.45) is 0. The Kier molecular flexibility index (Phi) is 6.82. The first kappa shape index (κ1) is 18.7. The van der Waals surface area contributed by atoms with Crippen molar-refractivity contribution >= 4 is 35.9 Å². The van der Waals surface area contributed by atoms with Gasteiger partial charge in [-0.2, -0.15) is 0 Å². The Labute approximate surface area is 129 Å². The fraction of sp³-hybridized carbons (Fsp3) is 1.00. The van der Waals surface area contributed by atoms with Crippen LogP contribution in [0.25, 0.3) is 0 Å². The highest BCUT2D eigenvalue weighted by molar-refractivity contribution is 6.85. The molecule has 1 N–H and O–H groups in total. The van der Waals surface area contributed by atoms with Gasteiger partial charge in [0.1, 0.15) is 0 Å². The molecule has 1 aliphatic heterocycles. The Bertz CT molecular complexity index is 295. The molecule has 120 valence electrons. The van der Waals surface area contributed by atoms with Gasteiger partial charge in [0.05, 0.1) is 0 Å². The predicted molar refractivity (Wildman–Crippen MR) is 91.5 cm³/mol. The van der Waals surface area contributed by atoms with Gasteiger partial charge < -0.3 is 16.5 Å². The van der Waals surface area contributed by atoms with Gasteiger partial charge in [0.15, 0.2) is 0 Å². The SMILES string of the molecule is CC(C)C[Si]1(C)O[SiH](C)O[SiH](C)O[Si](C)(NC(C)C)O1. The summed E-state index contributed by atoms with van der Waals surface area (Å²) >= 11 is 0. The second kappa shape index (κ2) is 7.29. The van der Waals surface area contributed by atoms with E-state index in [4.69, 9.17) is 16.5 Å². The van der Waals surface area contributed by atoms with Crippen LogP contribution in [-0.2, 0) is 16.5 Å². The molecule has 0 aliphatic carbocycles. The van der Waals surface area contributed by atoms with Crippen LogP contribution in [-0.4, -0.2) is 41.9 Å². The molecule has 1 fully saturated rings. The van der Waals surface area contributed by atoms with E-state index in [1.807, 2.05) is 0 Å². The van der Waals surface area contributed by atoms with Crippen molar-refractivity contribution in [1.82, 2.24) is 4.98 Å². The summed E-state index contributed by atoms with van der Waals surface area (Å²) in [6.45, 7) is 17.1. The molecule has 0 spiro atoms. The molecule has 1 heterocycles. The summed E-state index contributed by atoms with van der Waals surface area (Å²) in [5, 5.41) is 0. The minimum atomic E-state index is -2.43. The third-order valence-corrected chi connectivity index (χ3v) is 18.4. The van der Waals surface area contributed by atoms with E-state index in [1.54, 1.807) is 0 Å². The van der Waals surface area contributed by atoms with Gasteiger partial charge in [0.2, 0.25) is 0 Å². The zero-order chi connectivity index (χ0) is 15.6. The number of rotatable bonds is 4. The molecule has 9 heteroatoms. The lowest BCUT2D eigenvalue weighted by atomic mass is 10.3.